The molecular weight excluding hydrogens is 468 g/mol. The van der Waals surface area contributed by atoms with Gasteiger partial charge in [-0.2, -0.15) is 0 Å². The lowest BCUT2D eigenvalue weighted by Gasteiger charge is -2.54. The van der Waals surface area contributed by atoms with E-state index in [1.54, 1.807) is 20.1 Å². The van der Waals surface area contributed by atoms with Crippen molar-refractivity contribution in [2.45, 2.75) is 64.7 Å². The van der Waals surface area contributed by atoms with Crippen LogP contribution in [0.1, 0.15) is 70.3 Å². The van der Waals surface area contributed by atoms with Crippen molar-refractivity contribution >= 4 is 17.5 Å². The Bertz CT molecular complexity index is 967. The van der Waals surface area contributed by atoms with Crippen molar-refractivity contribution in [1.82, 2.24) is 0 Å². The highest BCUT2D eigenvalue weighted by Crippen LogP contribution is 2.56. The number of esters is 2. The molecule has 0 heterocycles. The molecule has 37 heavy (non-hydrogen) atoms. The third-order valence-corrected chi connectivity index (χ3v) is 8.47. The maximum atomic E-state index is 12.8. The van der Waals surface area contributed by atoms with E-state index in [4.69, 9.17) is 18.9 Å². The van der Waals surface area contributed by atoms with Crippen LogP contribution in [0.4, 0.5) is 0 Å². The predicted molar refractivity (Wildman–Crippen MR) is 143 cm³/mol. The summed E-state index contributed by atoms with van der Waals surface area (Å²) in [5, 5.41) is 0. The maximum Gasteiger partial charge on any atom is 0.338 e. The van der Waals surface area contributed by atoms with Crippen LogP contribution >= 0.6 is 0 Å². The number of carbonyl (C=O) groups is 2. The van der Waals surface area contributed by atoms with E-state index in [1.165, 1.54) is 32.1 Å². The van der Waals surface area contributed by atoms with Gasteiger partial charge in [-0.1, -0.05) is 19.2 Å². The summed E-state index contributed by atoms with van der Waals surface area (Å²) in [4.78, 5) is 24.2. The fraction of sp³-hybridized carbons (Fsp3) is 0.613. The highest BCUT2D eigenvalue weighted by Gasteiger charge is 2.48. The van der Waals surface area contributed by atoms with E-state index in [-0.39, 0.29) is 11.9 Å². The van der Waals surface area contributed by atoms with Gasteiger partial charge >= 0.3 is 11.9 Å². The van der Waals surface area contributed by atoms with Crippen molar-refractivity contribution in [1.29, 1.82) is 0 Å². The van der Waals surface area contributed by atoms with Gasteiger partial charge < -0.3 is 18.9 Å². The van der Waals surface area contributed by atoms with Crippen LogP contribution in [0.3, 0.4) is 0 Å². The number of benzene rings is 1. The SMILES string of the molecule is C=C(C)C(=O)OCCCCCCOc1ccc(C(=C)C(=O)OCC2C3CC4CC(C3)CC2C4)cc1OC. The third-order valence-electron chi connectivity index (χ3n) is 8.47. The Morgan fingerprint density at radius 1 is 0.838 bits per heavy atom. The van der Waals surface area contributed by atoms with Gasteiger partial charge in [0.15, 0.2) is 11.5 Å². The summed E-state index contributed by atoms with van der Waals surface area (Å²) < 4.78 is 22.3. The number of hydrogen-bond donors (Lipinski definition) is 0. The maximum absolute atomic E-state index is 12.8. The molecule has 1 aromatic rings. The Balaban J connectivity index is 1.18. The van der Waals surface area contributed by atoms with Gasteiger partial charge in [0.25, 0.3) is 0 Å². The molecule has 0 spiro atoms. The van der Waals surface area contributed by atoms with E-state index >= 15 is 0 Å². The Hall–Kier alpha value is -2.76. The summed E-state index contributed by atoms with van der Waals surface area (Å²) in [6, 6.07) is 5.44. The minimum Gasteiger partial charge on any atom is -0.493 e. The molecule has 202 valence electrons. The topological polar surface area (TPSA) is 71.1 Å². The molecule has 6 nitrogen and oxygen atoms in total. The molecule has 4 fully saturated rings. The fourth-order valence-electron chi connectivity index (χ4n) is 6.69. The second-order valence-corrected chi connectivity index (χ2v) is 11.2. The molecule has 4 aliphatic carbocycles. The largest absolute Gasteiger partial charge is 0.493 e. The highest BCUT2D eigenvalue weighted by atomic mass is 16.5. The van der Waals surface area contributed by atoms with Crippen LogP contribution in [-0.4, -0.2) is 38.9 Å². The minimum absolute atomic E-state index is 0.336. The zero-order chi connectivity index (χ0) is 26.4. The van der Waals surface area contributed by atoms with Crippen LogP contribution in [0.15, 0.2) is 36.9 Å². The van der Waals surface area contributed by atoms with E-state index in [1.807, 2.05) is 12.1 Å². The van der Waals surface area contributed by atoms with Crippen LogP contribution in [-0.2, 0) is 19.1 Å². The second kappa shape index (κ2) is 12.7. The molecule has 4 bridgehead atoms. The van der Waals surface area contributed by atoms with E-state index < -0.39 is 0 Å². The van der Waals surface area contributed by atoms with Crippen LogP contribution in [0, 0.1) is 29.6 Å². The summed E-state index contributed by atoms with van der Waals surface area (Å²) in [7, 11) is 1.59. The van der Waals surface area contributed by atoms with Crippen LogP contribution in [0.25, 0.3) is 5.57 Å². The first kappa shape index (κ1) is 27.3. The van der Waals surface area contributed by atoms with Crippen molar-refractivity contribution in [2.24, 2.45) is 29.6 Å². The number of unbranched alkanes of at least 4 members (excludes halogenated alkanes) is 3. The summed E-state index contributed by atoms with van der Waals surface area (Å²) >= 11 is 0. The monoisotopic (exact) mass is 510 g/mol. The van der Waals surface area contributed by atoms with Crippen molar-refractivity contribution in [3.63, 3.8) is 0 Å². The van der Waals surface area contributed by atoms with Crippen LogP contribution < -0.4 is 9.47 Å². The molecular formula is C31H42O6. The molecule has 0 radical (unpaired) electrons. The van der Waals surface area contributed by atoms with E-state index in [2.05, 4.69) is 13.2 Å². The van der Waals surface area contributed by atoms with E-state index in [9.17, 15) is 9.59 Å². The predicted octanol–water partition coefficient (Wildman–Crippen LogP) is 6.38. The number of ether oxygens (including phenoxy) is 4. The van der Waals surface area contributed by atoms with Gasteiger partial charge in [-0.15, -0.1) is 0 Å². The second-order valence-electron chi connectivity index (χ2n) is 11.2. The molecule has 0 atom stereocenters. The molecule has 4 aliphatic rings. The van der Waals surface area contributed by atoms with Crippen molar-refractivity contribution in [3.8, 4) is 11.5 Å². The smallest absolute Gasteiger partial charge is 0.338 e. The van der Waals surface area contributed by atoms with Crippen LogP contribution in [0.2, 0.25) is 0 Å². The Morgan fingerprint density at radius 2 is 1.49 bits per heavy atom. The Kier molecular flexibility index (Phi) is 9.33. The number of methoxy groups -OCH3 is 1. The summed E-state index contributed by atoms with van der Waals surface area (Å²) in [5.74, 6) is 4.32. The quantitative estimate of drug-likeness (QED) is 0.164. The lowest BCUT2D eigenvalue weighted by molar-refractivity contribution is -0.143. The van der Waals surface area contributed by atoms with Gasteiger partial charge in [0.2, 0.25) is 0 Å². The first-order valence-electron chi connectivity index (χ1n) is 13.9. The van der Waals surface area contributed by atoms with Gasteiger partial charge in [0, 0.05) is 5.57 Å². The van der Waals surface area contributed by atoms with E-state index in [0.29, 0.717) is 53.9 Å². The molecule has 4 saturated carbocycles. The molecule has 0 N–H and O–H groups in total. The van der Waals surface area contributed by atoms with Crippen LogP contribution in [0.5, 0.6) is 11.5 Å². The summed E-state index contributed by atoms with van der Waals surface area (Å²) in [5.41, 5.74) is 1.45. The number of hydrogen-bond acceptors (Lipinski definition) is 6. The Morgan fingerprint density at radius 3 is 2.11 bits per heavy atom. The first-order valence-corrected chi connectivity index (χ1v) is 13.9. The van der Waals surface area contributed by atoms with Gasteiger partial charge in [-0.25, -0.2) is 9.59 Å². The zero-order valence-corrected chi connectivity index (χ0v) is 22.5. The molecule has 0 amide bonds. The third kappa shape index (κ3) is 6.97. The van der Waals surface area contributed by atoms with Gasteiger partial charge in [0.1, 0.15) is 0 Å². The average Bonchev–Trinajstić information content (AvgIpc) is 2.88. The summed E-state index contributed by atoms with van der Waals surface area (Å²) in [6.07, 6.45) is 10.3. The zero-order valence-electron chi connectivity index (χ0n) is 22.5. The summed E-state index contributed by atoms with van der Waals surface area (Å²) in [6.45, 7) is 10.7. The molecule has 1 aromatic carbocycles. The van der Waals surface area contributed by atoms with Gasteiger partial charge in [-0.05, 0) is 112 Å². The fourth-order valence-corrected chi connectivity index (χ4v) is 6.69. The highest BCUT2D eigenvalue weighted by molar-refractivity contribution is 6.15. The lowest BCUT2D eigenvalue weighted by atomic mass is 9.52. The molecule has 5 rings (SSSR count). The molecule has 0 unspecified atom stereocenters. The first-order chi connectivity index (χ1) is 17.9. The van der Waals surface area contributed by atoms with E-state index in [0.717, 1.165) is 49.4 Å². The molecule has 0 aromatic heterocycles. The molecule has 0 aliphatic heterocycles. The number of rotatable bonds is 14. The molecule has 0 saturated heterocycles. The minimum atomic E-state index is -0.349. The van der Waals surface area contributed by atoms with Gasteiger partial charge in [-0.3, -0.25) is 0 Å². The van der Waals surface area contributed by atoms with Crippen molar-refractivity contribution in [2.75, 3.05) is 26.9 Å². The van der Waals surface area contributed by atoms with Gasteiger partial charge in [0.05, 0.1) is 32.5 Å². The normalized spacial score (nSPS) is 25.4. The van der Waals surface area contributed by atoms with Crippen molar-refractivity contribution in [3.05, 3.63) is 42.5 Å². The Labute approximate surface area is 221 Å². The number of carbonyl (C=O) groups excluding carboxylic acids is 2. The average molecular weight is 511 g/mol. The lowest BCUT2D eigenvalue weighted by Crippen LogP contribution is -2.46. The van der Waals surface area contributed by atoms with Crippen molar-refractivity contribution < 1.29 is 28.5 Å². The standard InChI is InChI=1S/C31H42O6/c1-20(2)30(32)36-12-8-6-5-7-11-35-28-10-9-24(18-29(28)34-4)21(3)31(33)37-19-27-25-14-22-13-23(16-25)17-26(27)15-22/h9-10,18,22-23,25-27H,1,3,5-8,11-17,19H2,2,4H3. The molecule has 6 heteroatoms.